The number of aliphatic hydroxyl groups is 2. The Morgan fingerprint density at radius 2 is 1.31 bits per heavy atom. The highest BCUT2D eigenvalue weighted by Gasteiger charge is 2.17. The number of hydrogen-bond donors (Lipinski definition) is 2. The van der Waals surface area contributed by atoms with Crippen molar-refractivity contribution in [3.05, 3.63) is 0 Å². The standard InChI is InChI=1S/C11H24O2/c1-8(2)5-6-10(12)11(13)7-9(3)4/h8-13H,5-7H2,1-4H3. The summed E-state index contributed by atoms with van der Waals surface area (Å²) in [5.74, 6) is 1.05. The van der Waals surface area contributed by atoms with Crippen LogP contribution in [0.1, 0.15) is 47.0 Å². The normalized spacial score (nSPS) is 16.6. The van der Waals surface area contributed by atoms with Crippen molar-refractivity contribution in [2.45, 2.75) is 59.2 Å². The molecule has 0 bridgehead atoms. The van der Waals surface area contributed by atoms with E-state index in [9.17, 15) is 10.2 Å². The molecule has 0 aliphatic carbocycles. The minimum atomic E-state index is -0.543. The highest BCUT2D eigenvalue weighted by atomic mass is 16.3. The van der Waals surface area contributed by atoms with Crippen molar-refractivity contribution in [2.75, 3.05) is 0 Å². The number of hydrogen-bond acceptors (Lipinski definition) is 2. The molecule has 2 atom stereocenters. The summed E-state index contributed by atoms with van der Waals surface area (Å²) in [6.07, 6.45) is 1.31. The Morgan fingerprint density at radius 3 is 1.69 bits per heavy atom. The molecule has 0 aromatic carbocycles. The van der Waals surface area contributed by atoms with Crippen LogP contribution in [0.3, 0.4) is 0 Å². The molecule has 2 unspecified atom stereocenters. The van der Waals surface area contributed by atoms with Gasteiger partial charge in [0.05, 0.1) is 12.2 Å². The summed E-state index contributed by atoms with van der Waals surface area (Å²) in [6.45, 7) is 8.36. The summed E-state index contributed by atoms with van der Waals surface area (Å²) < 4.78 is 0. The van der Waals surface area contributed by atoms with Crippen molar-refractivity contribution in [3.63, 3.8) is 0 Å². The maximum absolute atomic E-state index is 9.57. The zero-order valence-corrected chi connectivity index (χ0v) is 9.33. The third-order valence-corrected chi connectivity index (χ3v) is 2.20. The minimum Gasteiger partial charge on any atom is -0.390 e. The molecule has 80 valence electrons. The average Bonchev–Trinajstić information content (AvgIpc) is 1.98. The molecule has 0 saturated heterocycles. The van der Waals surface area contributed by atoms with Crippen molar-refractivity contribution >= 4 is 0 Å². The van der Waals surface area contributed by atoms with Crippen LogP contribution in [-0.4, -0.2) is 22.4 Å². The van der Waals surface area contributed by atoms with E-state index >= 15 is 0 Å². The van der Waals surface area contributed by atoms with E-state index in [4.69, 9.17) is 0 Å². The second-order valence-corrected chi connectivity index (χ2v) is 4.74. The van der Waals surface area contributed by atoms with Gasteiger partial charge in [0.15, 0.2) is 0 Å². The first-order valence-corrected chi connectivity index (χ1v) is 5.29. The molecule has 0 amide bonds. The lowest BCUT2D eigenvalue weighted by molar-refractivity contribution is 0.000504. The lowest BCUT2D eigenvalue weighted by atomic mass is 9.96. The van der Waals surface area contributed by atoms with E-state index < -0.39 is 12.2 Å². The van der Waals surface area contributed by atoms with Crippen LogP contribution in [0.25, 0.3) is 0 Å². The van der Waals surface area contributed by atoms with E-state index in [1.807, 2.05) is 0 Å². The zero-order valence-electron chi connectivity index (χ0n) is 9.33. The SMILES string of the molecule is CC(C)CCC(O)C(O)CC(C)C. The molecule has 0 spiro atoms. The molecule has 2 N–H and O–H groups in total. The summed E-state index contributed by atoms with van der Waals surface area (Å²) in [5, 5.41) is 19.1. The fourth-order valence-corrected chi connectivity index (χ4v) is 1.34. The van der Waals surface area contributed by atoms with E-state index in [2.05, 4.69) is 27.7 Å². The molecule has 0 aromatic heterocycles. The predicted octanol–water partition coefficient (Wildman–Crippen LogP) is 2.19. The second-order valence-electron chi connectivity index (χ2n) is 4.74. The first-order valence-electron chi connectivity index (χ1n) is 5.29. The van der Waals surface area contributed by atoms with Gasteiger partial charge < -0.3 is 10.2 Å². The van der Waals surface area contributed by atoms with Gasteiger partial charge in [0.1, 0.15) is 0 Å². The molecule has 2 heteroatoms. The van der Waals surface area contributed by atoms with Gasteiger partial charge in [-0.3, -0.25) is 0 Å². The van der Waals surface area contributed by atoms with Gasteiger partial charge in [0.2, 0.25) is 0 Å². The van der Waals surface area contributed by atoms with Gasteiger partial charge in [0, 0.05) is 0 Å². The maximum atomic E-state index is 9.57. The monoisotopic (exact) mass is 188 g/mol. The summed E-state index contributed by atoms with van der Waals surface area (Å²) >= 11 is 0. The maximum Gasteiger partial charge on any atom is 0.0801 e. The molecule has 2 nitrogen and oxygen atoms in total. The smallest absolute Gasteiger partial charge is 0.0801 e. The molecule has 13 heavy (non-hydrogen) atoms. The van der Waals surface area contributed by atoms with Crippen LogP contribution in [0.4, 0.5) is 0 Å². The predicted molar refractivity (Wildman–Crippen MR) is 55.5 cm³/mol. The van der Waals surface area contributed by atoms with E-state index in [0.717, 1.165) is 6.42 Å². The second kappa shape index (κ2) is 6.39. The Bertz CT molecular complexity index is 121. The molecule has 0 heterocycles. The van der Waals surface area contributed by atoms with Gasteiger partial charge in [0.25, 0.3) is 0 Å². The van der Waals surface area contributed by atoms with E-state index in [0.29, 0.717) is 24.7 Å². The summed E-state index contributed by atoms with van der Waals surface area (Å²) in [7, 11) is 0. The molecular weight excluding hydrogens is 164 g/mol. The van der Waals surface area contributed by atoms with Crippen LogP contribution in [-0.2, 0) is 0 Å². The topological polar surface area (TPSA) is 40.5 Å². The van der Waals surface area contributed by atoms with Crippen LogP contribution in [0, 0.1) is 11.8 Å². The van der Waals surface area contributed by atoms with E-state index in [1.165, 1.54) is 0 Å². The fourth-order valence-electron chi connectivity index (χ4n) is 1.34. The van der Waals surface area contributed by atoms with E-state index in [-0.39, 0.29) is 0 Å². The fraction of sp³-hybridized carbons (Fsp3) is 1.00. The Labute approximate surface area is 82.0 Å². The molecular formula is C11H24O2. The summed E-state index contributed by atoms with van der Waals surface area (Å²) in [4.78, 5) is 0. The van der Waals surface area contributed by atoms with Gasteiger partial charge in [-0.1, -0.05) is 27.7 Å². The average molecular weight is 188 g/mol. The van der Waals surface area contributed by atoms with Crippen molar-refractivity contribution < 1.29 is 10.2 Å². The minimum absolute atomic E-state index is 0.448. The first-order chi connectivity index (χ1) is 5.93. The Balaban J connectivity index is 3.62. The van der Waals surface area contributed by atoms with Crippen molar-refractivity contribution in [3.8, 4) is 0 Å². The highest BCUT2D eigenvalue weighted by Crippen LogP contribution is 2.14. The van der Waals surface area contributed by atoms with Gasteiger partial charge in [-0.2, -0.15) is 0 Å². The first kappa shape index (κ1) is 12.9. The van der Waals surface area contributed by atoms with Crippen molar-refractivity contribution in [1.82, 2.24) is 0 Å². The molecule has 0 aliphatic rings. The molecule has 0 radical (unpaired) electrons. The lowest BCUT2D eigenvalue weighted by Gasteiger charge is -2.20. The van der Waals surface area contributed by atoms with Crippen molar-refractivity contribution in [1.29, 1.82) is 0 Å². The lowest BCUT2D eigenvalue weighted by Crippen LogP contribution is -2.27. The van der Waals surface area contributed by atoms with Gasteiger partial charge in [-0.05, 0) is 31.1 Å². The van der Waals surface area contributed by atoms with Gasteiger partial charge in [-0.15, -0.1) is 0 Å². The van der Waals surface area contributed by atoms with Crippen LogP contribution in [0.15, 0.2) is 0 Å². The van der Waals surface area contributed by atoms with Crippen LogP contribution in [0.2, 0.25) is 0 Å². The van der Waals surface area contributed by atoms with Crippen LogP contribution < -0.4 is 0 Å². The van der Waals surface area contributed by atoms with Crippen LogP contribution in [0.5, 0.6) is 0 Å². The molecule has 0 fully saturated rings. The Morgan fingerprint density at radius 1 is 0.769 bits per heavy atom. The van der Waals surface area contributed by atoms with Crippen molar-refractivity contribution in [2.24, 2.45) is 11.8 Å². The third kappa shape index (κ3) is 7.03. The van der Waals surface area contributed by atoms with Gasteiger partial charge >= 0.3 is 0 Å². The van der Waals surface area contributed by atoms with E-state index in [1.54, 1.807) is 0 Å². The third-order valence-electron chi connectivity index (χ3n) is 2.20. The zero-order chi connectivity index (χ0) is 10.4. The Kier molecular flexibility index (Phi) is 6.35. The number of rotatable bonds is 6. The molecule has 0 aliphatic heterocycles. The molecule has 0 rings (SSSR count). The Hall–Kier alpha value is -0.0800. The molecule has 0 aromatic rings. The summed E-state index contributed by atoms with van der Waals surface area (Å²) in [6, 6.07) is 0. The molecule has 0 saturated carbocycles. The number of aliphatic hydroxyl groups excluding tert-OH is 2. The largest absolute Gasteiger partial charge is 0.390 e. The quantitative estimate of drug-likeness (QED) is 0.671. The van der Waals surface area contributed by atoms with Crippen LogP contribution >= 0.6 is 0 Å². The highest BCUT2D eigenvalue weighted by molar-refractivity contribution is 4.69. The summed E-state index contributed by atoms with van der Waals surface area (Å²) in [5.41, 5.74) is 0. The van der Waals surface area contributed by atoms with Gasteiger partial charge in [-0.25, -0.2) is 0 Å².